The molecule has 1 aliphatic heterocycles. The molecule has 1 amide bonds. The lowest BCUT2D eigenvalue weighted by Gasteiger charge is -2.41. The van der Waals surface area contributed by atoms with Gasteiger partial charge in [0, 0.05) is 49.2 Å². The summed E-state index contributed by atoms with van der Waals surface area (Å²) >= 11 is 0. The molecule has 2 aliphatic carbocycles. The Morgan fingerprint density at radius 3 is 2.71 bits per heavy atom. The molecule has 1 saturated carbocycles. The molecule has 3 aliphatic rings. The zero-order valence-electron chi connectivity index (χ0n) is 24.5. The van der Waals surface area contributed by atoms with Crippen molar-refractivity contribution in [1.29, 1.82) is 5.26 Å². The highest BCUT2D eigenvalue weighted by atomic mass is 19.3. The van der Waals surface area contributed by atoms with Crippen LogP contribution in [0.4, 0.5) is 20.3 Å². The van der Waals surface area contributed by atoms with Crippen LogP contribution in [0.2, 0.25) is 0 Å². The van der Waals surface area contributed by atoms with Crippen LogP contribution in [0.3, 0.4) is 0 Å². The second-order valence-corrected chi connectivity index (χ2v) is 11.9. The third-order valence-electron chi connectivity index (χ3n) is 8.80. The van der Waals surface area contributed by atoms with Gasteiger partial charge in [-0.05, 0) is 65.3 Å². The number of aliphatic hydroxyl groups excluding tert-OH is 1. The van der Waals surface area contributed by atoms with E-state index in [2.05, 4.69) is 33.5 Å². The maximum absolute atomic E-state index is 15.9. The van der Waals surface area contributed by atoms with Crippen molar-refractivity contribution in [2.24, 2.45) is 5.92 Å². The van der Waals surface area contributed by atoms with E-state index in [0.29, 0.717) is 36.5 Å². The van der Waals surface area contributed by atoms with Gasteiger partial charge in [-0.15, -0.1) is 0 Å². The second kappa shape index (κ2) is 11.6. The van der Waals surface area contributed by atoms with E-state index in [1.54, 1.807) is 23.1 Å². The fraction of sp³-hybridized carbons (Fsp3) is 0.314. The Balaban J connectivity index is 1.10. The van der Waals surface area contributed by atoms with Gasteiger partial charge >= 0.3 is 5.92 Å². The minimum absolute atomic E-state index is 0.0169. The zero-order valence-corrected chi connectivity index (χ0v) is 24.5. The number of hydrogen-bond donors (Lipinski definition) is 2. The van der Waals surface area contributed by atoms with Crippen LogP contribution < -0.4 is 15.0 Å². The smallest absolute Gasteiger partial charge is 0.301 e. The molecule has 1 unspecified atom stereocenters. The molecule has 0 bridgehead atoms. The summed E-state index contributed by atoms with van der Waals surface area (Å²) in [5.74, 6) is -2.84. The van der Waals surface area contributed by atoms with Gasteiger partial charge in [0.15, 0.2) is 6.10 Å². The number of aromatic nitrogens is 2. The number of piperidine rings is 1. The van der Waals surface area contributed by atoms with Crippen LogP contribution in [-0.4, -0.2) is 52.7 Å². The number of nitrogens with zero attached hydrogens (tertiary/aromatic N) is 4. The number of carbonyl (C=O) groups excluding carboxylic acids is 1. The van der Waals surface area contributed by atoms with Gasteiger partial charge < -0.3 is 20.1 Å². The van der Waals surface area contributed by atoms with Crippen LogP contribution in [0, 0.1) is 17.2 Å². The van der Waals surface area contributed by atoms with Crippen molar-refractivity contribution in [3.63, 3.8) is 0 Å². The number of alkyl halides is 2. The Morgan fingerprint density at radius 1 is 1.09 bits per heavy atom. The molecule has 1 aromatic heterocycles. The van der Waals surface area contributed by atoms with Crippen LogP contribution >= 0.6 is 0 Å². The second-order valence-electron chi connectivity index (χ2n) is 11.9. The quantitative estimate of drug-likeness (QED) is 0.231. The van der Waals surface area contributed by atoms with E-state index in [0.717, 1.165) is 46.3 Å². The fourth-order valence-corrected chi connectivity index (χ4v) is 6.41. The van der Waals surface area contributed by atoms with Gasteiger partial charge in [-0.3, -0.25) is 4.79 Å². The predicted molar refractivity (Wildman–Crippen MR) is 165 cm³/mol. The number of amides is 1. The van der Waals surface area contributed by atoms with E-state index < -0.39 is 18.6 Å². The van der Waals surface area contributed by atoms with Crippen molar-refractivity contribution in [3.05, 3.63) is 89.2 Å². The first-order valence-electron chi connectivity index (χ1n) is 15.2. The number of aliphatic hydroxyl groups is 1. The number of fused-ring (bicyclic) bond motifs is 3. The number of rotatable bonds is 8. The molecule has 3 aromatic carbocycles. The van der Waals surface area contributed by atoms with Crippen LogP contribution in [0.5, 0.6) is 5.75 Å². The lowest BCUT2D eigenvalue weighted by atomic mass is 9.95. The number of carbonyl (C=O) groups is 1. The molecule has 1 saturated heterocycles. The number of nitrogens with one attached hydrogen (secondary N) is 1. The van der Waals surface area contributed by atoms with E-state index >= 15 is 8.78 Å². The van der Waals surface area contributed by atoms with Gasteiger partial charge in [0.2, 0.25) is 5.91 Å². The first-order valence-corrected chi connectivity index (χ1v) is 15.2. The largest absolute Gasteiger partial charge is 0.483 e. The van der Waals surface area contributed by atoms with Gasteiger partial charge in [0.25, 0.3) is 0 Å². The van der Waals surface area contributed by atoms with Crippen LogP contribution in [0.25, 0.3) is 22.4 Å². The van der Waals surface area contributed by atoms with E-state index in [9.17, 15) is 15.2 Å². The van der Waals surface area contributed by atoms with Gasteiger partial charge in [-0.25, -0.2) is 18.7 Å². The van der Waals surface area contributed by atoms with Crippen LogP contribution in [-0.2, 0) is 17.6 Å². The van der Waals surface area contributed by atoms with E-state index in [-0.39, 0.29) is 36.2 Å². The van der Waals surface area contributed by atoms with Gasteiger partial charge in [-0.2, -0.15) is 5.26 Å². The molecular weight excluding hydrogens is 576 g/mol. The molecule has 228 valence electrons. The number of benzene rings is 3. The summed E-state index contributed by atoms with van der Waals surface area (Å²) in [6, 6.07) is 20.5. The third kappa shape index (κ3) is 5.60. The molecule has 4 aromatic rings. The highest BCUT2D eigenvalue weighted by Gasteiger charge is 2.47. The number of hydrogen-bond acceptors (Lipinski definition) is 7. The Bertz CT molecular complexity index is 1830. The molecule has 0 radical (unpaired) electrons. The molecule has 10 heteroatoms. The molecular formula is C35H31F2N5O3. The first kappa shape index (κ1) is 28.9. The molecule has 2 fully saturated rings. The SMILES string of the molecule is N#Cc1cc(-c2cc(NC(=O)C3CC3)ncn2)ccc1OC1CCN(c2c(CCO)ccc3c2Cc2ccccc2-3)CC1(F)F. The maximum atomic E-state index is 15.9. The molecule has 8 nitrogen and oxygen atoms in total. The average molecular weight is 608 g/mol. The number of nitriles is 1. The average Bonchev–Trinajstić information content (AvgIpc) is 3.83. The first-order chi connectivity index (χ1) is 21.8. The standard InChI is InChI=1S/C35H31F2N5O3/c36-35(37)19-42(33-21(12-14-43)7-9-27-26-4-2-1-3-23(26)16-28(27)33)13-11-31(35)45-30-10-8-24(15-25(30)18-38)29-17-32(40-20-39-29)41-34(44)22-5-6-22/h1-4,7-10,15,17,20,22,31,43H,5-6,11-14,16,19H2,(H,39,40,41,44). The van der Waals surface area contributed by atoms with Crippen LogP contribution in [0.15, 0.2) is 67.0 Å². The fourth-order valence-electron chi connectivity index (χ4n) is 6.41. The summed E-state index contributed by atoms with van der Waals surface area (Å²) in [6.07, 6.45) is 2.70. The van der Waals surface area contributed by atoms with Gasteiger partial charge in [0.05, 0.1) is 17.8 Å². The zero-order chi connectivity index (χ0) is 31.1. The summed E-state index contributed by atoms with van der Waals surface area (Å²) in [7, 11) is 0. The van der Waals surface area contributed by atoms with Crippen molar-refractivity contribution in [3.8, 4) is 34.2 Å². The summed E-state index contributed by atoms with van der Waals surface area (Å²) in [5.41, 5.74) is 7.11. The number of halogens is 2. The predicted octanol–water partition coefficient (Wildman–Crippen LogP) is 5.76. The van der Waals surface area contributed by atoms with Gasteiger partial charge in [-0.1, -0.05) is 36.4 Å². The molecule has 0 spiro atoms. The van der Waals surface area contributed by atoms with Crippen molar-refractivity contribution in [1.82, 2.24) is 9.97 Å². The van der Waals surface area contributed by atoms with E-state index in [1.807, 2.05) is 24.3 Å². The monoisotopic (exact) mass is 607 g/mol. The molecule has 45 heavy (non-hydrogen) atoms. The Labute approximate surface area is 259 Å². The Hall–Kier alpha value is -4.88. The molecule has 2 heterocycles. The van der Waals surface area contributed by atoms with E-state index in [4.69, 9.17) is 4.74 Å². The van der Waals surface area contributed by atoms with Crippen LogP contribution in [0.1, 0.15) is 41.5 Å². The highest BCUT2D eigenvalue weighted by Crippen LogP contribution is 2.45. The Morgan fingerprint density at radius 2 is 1.93 bits per heavy atom. The topological polar surface area (TPSA) is 111 Å². The molecule has 2 N–H and O–H groups in total. The van der Waals surface area contributed by atoms with Crippen molar-refractivity contribution < 1.29 is 23.4 Å². The minimum atomic E-state index is -3.21. The Kier molecular flexibility index (Phi) is 7.42. The van der Waals surface area contributed by atoms with Crippen molar-refractivity contribution >= 4 is 17.4 Å². The summed E-state index contributed by atoms with van der Waals surface area (Å²) in [5, 5.41) is 22.4. The molecule has 1 atom stereocenters. The summed E-state index contributed by atoms with van der Waals surface area (Å²) < 4.78 is 37.6. The maximum Gasteiger partial charge on any atom is 0.301 e. The van der Waals surface area contributed by atoms with E-state index in [1.165, 1.54) is 12.4 Å². The lowest BCUT2D eigenvalue weighted by molar-refractivity contribution is -0.117. The lowest BCUT2D eigenvalue weighted by Crippen LogP contribution is -2.54. The summed E-state index contributed by atoms with van der Waals surface area (Å²) in [6.45, 7) is -0.284. The normalized spacial score (nSPS) is 18.1. The highest BCUT2D eigenvalue weighted by molar-refractivity contribution is 5.93. The van der Waals surface area contributed by atoms with Gasteiger partial charge in [0.1, 0.15) is 24.0 Å². The van der Waals surface area contributed by atoms with Crippen molar-refractivity contribution in [2.75, 3.05) is 29.9 Å². The summed E-state index contributed by atoms with van der Waals surface area (Å²) in [4.78, 5) is 22.3. The number of anilines is 2. The van der Waals surface area contributed by atoms with Crippen molar-refractivity contribution in [2.45, 2.75) is 44.1 Å². The number of ether oxygens (including phenoxy) is 1. The third-order valence-corrected chi connectivity index (χ3v) is 8.80. The molecule has 7 rings (SSSR count). The minimum Gasteiger partial charge on any atom is -0.483 e.